The Kier molecular flexibility index (Phi) is 6.05. The number of nitrogens with zero attached hydrogens (tertiary/aromatic N) is 3. The molecule has 4 heterocycles. The quantitative estimate of drug-likeness (QED) is 0.582. The van der Waals surface area contributed by atoms with Gasteiger partial charge >= 0.3 is 0 Å². The molecule has 5 rings (SSSR count). The number of ether oxygens (including phenoxy) is 1. The van der Waals surface area contributed by atoms with Gasteiger partial charge in [-0.1, -0.05) is 6.92 Å². The van der Waals surface area contributed by atoms with Gasteiger partial charge in [0.15, 0.2) is 0 Å². The Morgan fingerprint density at radius 1 is 1.22 bits per heavy atom. The molecule has 0 spiro atoms. The van der Waals surface area contributed by atoms with E-state index in [1.54, 1.807) is 10.9 Å². The molecule has 4 atom stereocenters. The van der Waals surface area contributed by atoms with Gasteiger partial charge in [-0.15, -0.1) is 11.3 Å². The van der Waals surface area contributed by atoms with E-state index in [1.807, 2.05) is 37.3 Å². The number of aliphatic hydroxyl groups is 1. The van der Waals surface area contributed by atoms with E-state index in [1.165, 1.54) is 24.2 Å². The lowest BCUT2D eigenvalue weighted by atomic mass is 10.0. The van der Waals surface area contributed by atoms with Crippen molar-refractivity contribution >= 4 is 21.6 Å². The fourth-order valence-corrected chi connectivity index (χ4v) is 6.17. The minimum Gasteiger partial charge on any atom is -0.490 e. The highest BCUT2D eigenvalue weighted by Crippen LogP contribution is 2.36. The Hall–Kier alpha value is -2.22. The number of fused-ring (bicyclic) bond motifs is 3. The maximum atomic E-state index is 13.1. The van der Waals surface area contributed by atoms with E-state index in [9.17, 15) is 9.90 Å². The van der Waals surface area contributed by atoms with Gasteiger partial charge in [0.25, 0.3) is 5.56 Å². The lowest BCUT2D eigenvalue weighted by molar-refractivity contribution is 0.0662. The number of hydrogen-bond donors (Lipinski definition) is 1. The maximum absolute atomic E-state index is 13.1. The molecular formula is C25H31N3O3S. The third-order valence-electron chi connectivity index (χ3n) is 7.16. The maximum Gasteiger partial charge on any atom is 0.275 e. The van der Waals surface area contributed by atoms with Gasteiger partial charge in [-0.2, -0.15) is 0 Å². The summed E-state index contributed by atoms with van der Waals surface area (Å²) in [5.74, 6) is 0.859. The fourth-order valence-electron chi connectivity index (χ4n) is 5.12. The Labute approximate surface area is 192 Å². The second kappa shape index (κ2) is 8.96. The van der Waals surface area contributed by atoms with Gasteiger partial charge in [0.2, 0.25) is 0 Å². The van der Waals surface area contributed by atoms with Crippen molar-refractivity contribution in [3.8, 4) is 11.4 Å². The van der Waals surface area contributed by atoms with Crippen molar-refractivity contribution in [1.82, 2.24) is 14.5 Å². The van der Waals surface area contributed by atoms with E-state index in [4.69, 9.17) is 4.74 Å². The molecule has 2 aliphatic rings. The number of benzene rings is 1. The lowest BCUT2D eigenvalue weighted by Crippen LogP contribution is -2.43. The minimum atomic E-state index is -0.296. The van der Waals surface area contributed by atoms with E-state index in [-0.39, 0.29) is 17.8 Å². The zero-order valence-corrected chi connectivity index (χ0v) is 19.6. The first-order valence-electron chi connectivity index (χ1n) is 11.7. The second-order valence-corrected chi connectivity index (χ2v) is 10.3. The highest BCUT2D eigenvalue weighted by molar-refractivity contribution is 7.18. The molecule has 7 heteroatoms. The predicted octanol–water partition coefficient (Wildman–Crippen LogP) is 4.15. The minimum absolute atomic E-state index is 0.0529. The van der Waals surface area contributed by atoms with Crippen LogP contribution >= 0.6 is 11.3 Å². The van der Waals surface area contributed by atoms with Crippen LogP contribution in [0, 0.1) is 0 Å². The molecule has 6 nitrogen and oxygen atoms in total. The molecular weight excluding hydrogens is 422 g/mol. The third-order valence-corrected chi connectivity index (χ3v) is 8.33. The molecule has 2 fully saturated rings. The van der Waals surface area contributed by atoms with Crippen molar-refractivity contribution < 1.29 is 9.84 Å². The molecule has 1 N–H and O–H groups in total. The van der Waals surface area contributed by atoms with Crippen LogP contribution in [0.3, 0.4) is 0 Å². The van der Waals surface area contributed by atoms with E-state index in [0.29, 0.717) is 23.2 Å². The van der Waals surface area contributed by atoms with Crippen LogP contribution in [0.4, 0.5) is 0 Å². The lowest BCUT2D eigenvalue weighted by Gasteiger charge is -2.36. The smallest absolute Gasteiger partial charge is 0.275 e. The van der Waals surface area contributed by atoms with Crippen LogP contribution in [0.5, 0.6) is 5.75 Å². The summed E-state index contributed by atoms with van der Waals surface area (Å²) in [6, 6.07) is 11.0. The summed E-state index contributed by atoms with van der Waals surface area (Å²) in [6.45, 7) is 1.98. The number of hydrogen-bond acceptors (Lipinski definition) is 6. The number of aryl methyl sites for hydroxylation is 1. The van der Waals surface area contributed by atoms with Crippen LogP contribution in [-0.2, 0) is 6.42 Å². The van der Waals surface area contributed by atoms with Crippen molar-refractivity contribution in [3.63, 3.8) is 0 Å². The molecule has 0 aliphatic carbocycles. The Morgan fingerprint density at radius 3 is 2.62 bits per heavy atom. The number of aromatic nitrogens is 2. The monoisotopic (exact) mass is 453 g/mol. The van der Waals surface area contributed by atoms with Gasteiger partial charge in [0.05, 0.1) is 17.3 Å². The van der Waals surface area contributed by atoms with Crippen molar-refractivity contribution in [2.75, 3.05) is 7.05 Å². The Balaban J connectivity index is 1.30. The summed E-state index contributed by atoms with van der Waals surface area (Å²) in [5, 5.41) is 9.82. The molecule has 3 aromatic rings. The summed E-state index contributed by atoms with van der Waals surface area (Å²) in [4.78, 5) is 21.2. The van der Waals surface area contributed by atoms with Gasteiger partial charge in [-0.25, -0.2) is 4.98 Å². The van der Waals surface area contributed by atoms with E-state index in [2.05, 4.69) is 16.9 Å². The Morgan fingerprint density at radius 2 is 1.94 bits per heavy atom. The van der Waals surface area contributed by atoms with Crippen molar-refractivity contribution in [2.45, 2.75) is 76.2 Å². The van der Waals surface area contributed by atoms with Crippen molar-refractivity contribution in [3.05, 3.63) is 51.9 Å². The average molecular weight is 454 g/mol. The molecule has 2 aliphatic heterocycles. The van der Waals surface area contributed by atoms with Crippen LogP contribution in [0.25, 0.3) is 15.9 Å². The van der Waals surface area contributed by atoms with Crippen LogP contribution in [0.15, 0.2) is 41.5 Å². The first-order valence-corrected chi connectivity index (χ1v) is 12.5. The first kappa shape index (κ1) is 21.6. The molecule has 170 valence electrons. The van der Waals surface area contributed by atoms with E-state index >= 15 is 0 Å². The topological polar surface area (TPSA) is 67.6 Å². The zero-order chi connectivity index (χ0) is 22.2. The highest BCUT2D eigenvalue weighted by Gasteiger charge is 2.39. The molecule has 2 saturated heterocycles. The van der Waals surface area contributed by atoms with Crippen molar-refractivity contribution in [1.29, 1.82) is 0 Å². The molecule has 0 saturated carbocycles. The van der Waals surface area contributed by atoms with Gasteiger partial charge in [-0.05, 0) is 82.3 Å². The standard InChI is InChI=1S/C25H31N3O3S/c1-3-19(29)8-11-22-14-23-24(32-22)25(30)28(15-26-23)16-6-9-20(10-7-16)31-21-12-17-4-5-18(13-21)27(17)2/h6-7,9-10,14-15,17-19,21,29H,3-5,8,11-13H2,1-2H3/t17-,18+,19?,21?. The fraction of sp³-hybridized carbons (Fsp3) is 0.520. The van der Waals surface area contributed by atoms with E-state index in [0.717, 1.165) is 47.5 Å². The Bertz CT molecular complexity index is 1130. The highest BCUT2D eigenvalue weighted by atomic mass is 32.1. The summed E-state index contributed by atoms with van der Waals surface area (Å²) in [7, 11) is 2.24. The molecule has 0 radical (unpaired) electrons. The van der Waals surface area contributed by atoms with E-state index < -0.39 is 0 Å². The summed E-state index contributed by atoms with van der Waals surface area (Å²) in [6.07, 6.45) is 8.53. The average Bonchev–Trinajstić information content (AvgIpc) is 3.30. The number of aliphatic hydroxyl groups excluding tert-OH is 1. The van der Waals surface area contributed by atoms with Gasteiger partial charge in [0, 0.05) is 17.0 Å². The van der Waals surface area contributed by atoms with Crippen LogP contribution < -0.4 is 10.3 Å². The van der Waals surface area contributed by atoms with Crippen molar-refractivity contribution in [2.24, 2.45) is 0 Å². The molecule has 1 aromatic carbocycles. The largest absolute Gasteiger partial charge is 0.490 e. The summed E-state index contributed by atoms with van der Waals surface area (Å²) >= 11 is 1.48. The second-order valence-electron chi connectivity index (χ2n) is 9.20. The third kappa shape index (κ3) is 4.21. The molecule has 2 aromatic heterocycles. The summed E-state index contributed by atoms with van der Waals surface area (Å²) < 4.78 is 8.55. The number of rotatable bonds is 7. The van der Waals surface area contributed by atoms with Crippen LogP contribution in [-0.4, -0.2) is 50.9 Å². The summed E-state index contributed by atoms with van der Waals surface area (Å²) in [5.41, 5.74) is 1.47. The van der Waals surface area contributed by atoms with Gasteiger partial charge < -0.3 is 14.7 Å². The molecule has 0 amide bonds. The van der Waals surface area contributed by atoms with Crippen LogP contribution in [0.1, 0.15) is 50.3 Å². The molecule has 32 heavy (non-hydrogen) atoms. The van der Waals surface area contributed by atoms with Crippen LogP contribution in [0.2, 0.25) is 0 Å². The molecule has 2 unspecified atom stereocenters. The number of piperidine rings is 1. The van der Waals surface area contributed by atoms with Gasteiger partial charge in [0.1, 0.15) is 22.9 Å². The SMILES string of the molecule is CCC(O)CCc1cc2ncn(-c3ccc(OC4C[C@H]5CC[C@@H](C4)N5C)cc3)c(=O)c2s1. The number of thiophene rings is 1. The predicted molar refractivity (Wildman–Crippen MR) is 128 cm³/mol. The first-order chi connectivity index (χ1) is 15.5. The normalized spacial score (nSPS) is 24.2. The molecule has 2 bridgehead atoms. The zero-order valence-electron chi connectivity index (χ0n) is 18.7. The van der Waals surface area contributed by atoms with Gasteiger partial charge in [-0.3, -0.25) is 9.36 Å².